The molecule has 2 saturated heterocycles. The number of nitrogens with two attached hydrogens (primary N) is 1. The van der Waals surface area contributed by atoms with E-state index in [1.54, 1.807) is 0 Å². The third kappa shape index (κ3) is 3.62. The van der Waals surface area contributed by atoms with Crippen LogP contribution in [0.3, 0.4) is 0 Å². The number of likely N-dealkylation sites (tertiary alicyclic amines) is 2. The van der Waals surface area contributed by atoms with Crippen molar-refractivity contribution in [2.24, 2.45) is 5.73 Å². The van der Waals surface area contributed by atoms with Crippen LogP contribution in [0.15, 0.2) is 24.4 Å². The Morgan fingerprint density at radius 2 is 1.86 bits per heavy atom. The topological polar surface area (TPSA) is 45.4 Å². The molecule has 2 aliphatic rings. The van der Waals surface area contributed by atoms with Gasteiger partial charge >= 0.3 is 0 Å². The Hall–Kier alpha value is -0.970. The molecule has 2 N–H and O–H groups in total. The second kappa shape index (κ2) is 7.34. The molecule has 116 valence electrons. The third-order valence-electron chi connectivity index (χ3n) is 5.10. The number of piperidine rings is 2. The SMILES string of the molecule is NCC(c1ccccn1)N1CCC(N2CCCCC2)CC1. The van der Waals surface area contributed by atoms with E-state index in [0.717, 1.165) is 24.8 Å². The molecule has 1 atom stereocenters. The minimum Gasteiger partial charge on any atom is -0.329 e. The standard InChI is InChI=1S/C17H28N4/c18-14-17(16-6-2-3-9-19-16)21-12-7-15(8-13-21)20-10-4-1-5-11-20/h2-3,6,9,15,17H,1,4-5,7-8,10-14,18H2. The largest absolute Gasteiger partial charge is 0.329 e. The van der Waals surface area contributed by atoms with Gasteiger partial charge in [-0.3, -0.25) is 9.88 Å². The summed E-state index contributed by atoms with van der Waals surface area (Å²) in [4.78, 5) is 9.75. The Labute approximate surface area is 128 Å². The second-order valence-electron chi connectivity index (χ2n) is 6.37. The summed E-state index contributed by atoms with van der Waals surface area (Å²) in [5.74, 6) is 0. The highest BCUT2D eigenvalue weighted by Gasteiger charge is 2.29. The number of hydrogen-bond donors (Lipinski definition) is 1. The van der Waals surface area contributed by atoms with Gasteiger partial charge in [-0.2, -0.15) is 0 Å². The van der Waals surface area contributed by atoms with Crippen molar-refractivity contribution in [3.05, 3.63) is 30.1 Å². The second-order valence-corrected chi connectivity index (χ2v) is 6.37. The molecule has 4 heteroatoms. The van der Waals surface area contributed by atoms with Gasteiger partial charge in [-0.25, -0.2) is 0 Å². The zero-order chi connectivity index (χ0) is 14.5. The van der Waals surface area contributed by atoms with Crippen LogP contribution in [0.25, 0.3) is 0 Å². The van der Waals surface area contributed by atoms with Crippen LogP contribution in [0.5, 0.6) is 0 Å². The van der Waals surface area contributed by atoms with Crippen LogP contribution in [0.4, 0.5) is 0 Å². The van der Waals surface area contributed by atoms with Crippen LogP contribution >= 0.6 is 0 Å². The maximum absolute atomic E-state index is 6.02. The van der Waals surface area contributed by atoms with E-state index in [2.05, 4.69) is 26.9 Å². The Kier molecular flexibility index (Phi) is 5.22. The Morgan fingerprint density at radius 1 is 1.10 bits per heavy atom. The van der Waals surface area contributed by atoms with E-state index >= 15 is 0 Å². The van der Waals surface area contributed by atoms with E-state index in [1.807, 2.05) is 12.3 Å². The zero-order valence-corrected chi connectivity index (χ0v) is 13.0. The van der Waals surface area contributed by atoms with E-state index in [4.69, 9.17) is 5.73 Å². The average Bonchev–Trinajstić information content (AvgIpc) is 2.58. The van der Waals surface area contributed by atoms with Crippen molar-refractivity contribution in [3.8, 4) is 0 Å². The molecule has 0 saturated carbocycles. The minimum absolute atomic E-state index is 0.286. The molecule has 4 nitrogen and oxygen atoms in total. The predicted molar refractivity (Wildman–Crippen MR) is 86.1 cm³/mol. The van der Waals surface area contributed by atoms with Crippen LogP contribution in [0.2, 0.25) is 0 Å². The van der Waals surface area contributed by atoms with E-state index in [9.17, 15) is 0 Å². The van der Waals surface area contributed by atoms with Gasteiger partial charge in [-0.05, 0) is 50.9 Å². The van der Waals surface area contributed by atoms with Crippen molar-refractivity contribution in [1.82, 2.24) is 14.8 Å². The highest BCUT2D eigenvalue weighted by atomic mass is 15.2. The monoisotopic (exact) mass is 288 g/mol. The van der Waals surface area contributed by atoms with Crippen LogP contribution in [-0.2, 0) is 0 Å². The molecule has 3 rings (SSSR count). The van der Waals surface area contributed by atoms with Crippen LogP contribution < -0.4 is 5.73 Å². The first kappa shape index (κ1) is 14.9. The Bertz CT molecular complexity index is 408. The molecule has 0 aromatic carbocycles. The summed E-state index contributed by atoms with van der Waals surface area (Å²) in [7, 11) is 0. The van der Waals surface area contributed by atoms with Gasteiger partial charge in [0.1, 0.15) is 0 Å². The average molecular weight is 288 g/mol. The lowest BCUT2D eigenvalue weighted by Gasteiger charge is -2.42. The molecule has 2 fully saturated rings. The van der Waals surface area contributed by atoms with Crippen molar-refractivity contribution in [2.75, 3.05) is 32.7 Å². The molecule has 0 bridgehead atoms. The Balaban J connectivity index is 1.56. The molecule has 2 aliphatic heterocycles. The summed E-state index contributed by atoms with van der Waals surface area (Å²) in [5.41, 5.74) is 7.14. The highest BCUT2D eigenvalue weighted by Crippen LogP contribution is 2.26. The summed E-state index contributed by atoms with van der Waals surface area (Å²) in [6.07, 6.45) is 8.63. The molecule has 0 radical (unpaired) electrons. The number of pyridine rings is 1. The number of aromatic nitrogens is 1. The highest BCUT2D eigenvalue weighted by molar-refractivity contribution is 5.10. The molecule has 21 heavy (non-hydrogen) atoms. The van der Waals surface area contributed by atoms with Crippen LogP contribution in [0, 0.1) is 0 Å². The Morgan fingerprint density at radius 3 is 2.48 bits per heavy atom. The fraction of sp³-hybridized carbons (Fsp3) is 0.706. The predicted octanol–water partition coefficient (Wildman–Crippen LogP) is 2.03. The van der Waals surface area contributed by atoms with E-state index in [-0.39, 0.29) is 6.04 Å². The lowest BCUT2D eigenvalue weighted by molar-refractivity contribution is 0.0726. The first-order chi connectivity index (χ1) is 10.4. The molecular formula is C17H28N4. The third-order valence-corrected chi connectivity index (χ3v) is 5.10. The minimum atomic E-state index is 0.286. The summed E-state index contributed by atoms with van der Waals surface area (Å²) in [6.45, 7) is 5.58. The first-order valence-electron chi connectivity index (χ1n) is 8.47. The van der Waals surface area contributed by atoms with Crippen molar-refractivity contribution >= 4 is 0 Å². The van der Waals surface area contributed by atoms with E-state index in [1.165, 1.54) is 45.2 Å². The molecule has 0 aliphatic carbocycles. The lowest BCUT2D eigenvalue weighted by atomic mass is 9.98. The lowest BCUT2D eigenvalue weighted by Crippen LogP contribution is -2.48. The summed E-state index contributed by atoms with van der Waals surface area (Å²) in [5, 5.41) is 0. The van der Waals surface area contributed by atoms with Gasteiger partial charge in [-0.1, -0.05) is 12.5 Å². The molecule has 0 spiro atoms. The quantitative estimate of drug-likeness (QED) is 0.921. The van der Waals surface area contributed by atoms with Crippen molar-refractivity contribution in [3.63, 3.8) is 0 Å². The number of rotatable bonds is 4. The zero-order valence-electron chi connectivity index (χ0n) is 13.0. The van der Waals surface area contributed by atoms with Crippen molar-refractivity contribution in [2.45, 2.75) is 44.2 Å². The van der Waals surface area contributed by atoms with Gasteiger partial charge in [0.2, 0.25) is 0 Å². The van der Waals surface area contributed by atoms with Crippen LogP contribution in [0.1, 0.15) is 43.8 Å². The van der Waals surface area contributed by atoms with Gasteiger partial charge in [0.15, 0.2) is 0 Å². The van der Waals surface area contributed by atoms with Crippen molar-refractivity contribution < 1.29 is 0 Å². The summed E-state index contributed by atoms with van der Waals surface area (Å²) >= 11 is 0. The molecular weight excluding hydrogens is 260 g/mol. The molecule has 3 heterocycles. The van der Waals surface area contributed by atoms with Gasteiger partial charge in [-0.15, -0.1) is 0 Å². The first-order valence-corrected chi connectivity index (χ1v) is 8.47. The number of hydrogen-bond acceptors (Lipinski definition) is 4. The molecule has 1 unspecified atom stereocenters. The molecule has 1 aromatic rings. The molecule has 0 amide bonds. The van der Waals surface area contributed by atoms with Gasteiger partial charge in [0.05, 0.1) is 11.7 Å². The maximum atomic E-state index is 6.02. The summed E-state index contributed by atoms with van der Waals surface area (Å²) < 4.78 is 0. The van der Waals surface area contributed by atoms with Crippen LogP contribution in [-0.4, -0.2) is 53.5 Å². The van der Waals surface area contributed by atoms with E-state index in [0.29, 0.717) is 6.54 Å². The van der Waals surface area contributed by atoms with Gasteiger partial charge in [0.25, 0.3) is 0 Å². The smallest absolute Gasteiger partial charge is 0.0644 e. The normalized spacial score (nSPS) is 24.0. The fourth-order valence-corrected chi connectivity index (χ4v) is 3.88. The summed E-state index contributed by atoms with van der Waals surface area (Å²) in [6, 6.07) is 7.22. The number of nitrogens with zero attached hydrogens (tertiary/aromatic N) is 3. The van der Waals surface area contributed by atoms with Gasteiger partial charge in [0, 0.05) is 31.9 Å². The van der Waals surface area contributed by atoms with Crippen molar-refractivity contribution in [1.29, 1.82) is 0 Å². The van der Waals surface area contributed by atoms with Gasteiger partial charge < -0.3 is 10.6 Å². The molecule has 1 aromatic heterocycles. The fourth-order valence-electron chi connectivity index (χ4n) is 3.88. The van der Waals surface area contributed by atoms with E-state index < -0.39 is 0 Å². The maximum Gasteiger partial charge on any atom is 0.0644 e.